The van der Waals surface area contributed by atoms with Gasteiger partial charge in [-0.2, -0.15) is 5.26 Å². The lowest BCUT2D eigenvalue weighted by Crippen LogP contribution is -2.37. The topological polar surface area (TPSA) is 64.8 Å². The Balaban J connectivity index is 1.94. The highest BCUT2D eigenvalue weighted by Crippen LogP contribution is 2.14. The van der Waals surface area contributed by atoms with Gasteiger partial charge in [0.2, 0.25) is 0 Å². The van der Waals surface area contributed by atoms with Gasteiger partial charge < -0.3 is 10.2 Å². The van der Waals surface area contributed by atoms with Crippen LogP contribution in [0.15, 0.2) is 12.4 Å². The van der Waals surface area contributed by atoms with E-state index in [0.29, 0.717) is 11.6 Å². The van der Waals surface area contributed by atoms with Crippen molar-refractivity contribution in [2.24, 2.45) is 5.92 Å². The van der Waals surface area contributed by atoms with Crippen LogP contribution in [-0.4, -0.2) is 36.6 Å². The maximum Gasteiger partial charge on any atom is 0.158 e. The molecule has 90 valence electrons. The van der Waals surface area contributed by atoms with Gasteiger partial charge in [-0.25, -0.2) is 9.97 Å². The van der Waals surface area contributed by atoms with E-state index in [2.05, 4.69) is 20.2 Å². The zero-order chi connectivity index (χ0) is 12.1. The molecule has 0 saturated carbocycles. The Labute approximate surface area is 101 Å². The molecule has 1 atom stereocenters. The van der Waals surface area contributed by atoms with Gasteiger partial charge in [0.25, 0.3) is 0 Å². The summed E-state index contributed by atoms with van der Waals surface area (Å²) in [6.45, 7) is 3.19. The first-order chi connectivity index (χ1) is 8.29. The van der Waals surface area contributed by atoms with Crippen LogP contribution in [0.2, 0.25) is 0 Å². The Morgan fingerprint density at radius 3 is 3.00 bits per heavy atom. The van der Waals surface area contributed by atoms with Crippen LogP contribution in [0.4, 0.5) is 5.82 Å². The third-order valence-electron chi connectivity index (χ3n) is 3.07. The molecule has 1 N–H and O–H groups in total. The van der Waals surface area contributed by atoms with Crippen molar-refractivity contribution in [3.05, 3.63) is 18.1 Å². The lowest BCUT2D eigenvalue weighted by molar-refractivity contribution is 0.380. The van der Waals surface area contributed by atoms with Gasteiger partial charge in [0.05, 0.1) is 12.4 Å². The monoisotopic (exact) mass is 231 g/mol. The number of hydrogen-bond donors (Lipinski definition) is 1. The fraction of sp³-hybridized carbons (Fsp3) is 0.583. The van der Waals surface area contributed by atoms with Crippen molar-refractivity contribution >= 4 is 5.82 Å². The van der Waals surface area contributed by atoms with Crippen LogP contribution in [0, 0.1) is 17.2 Å². The number of hydrogen-bond acceptors (Lipinski definition) is 5. The standard InChI is InChI=1S/C12H17N5/c1-17(9-10-3-2-4-14-6-10)12-8-15-11(5-13)7-16-12/h7-8,10,14H,2-4,6,9H2,1H3. The Hall–Kier alpha value is -1.67. The number of nitriles is 1. The molecule has 1 aliphatic heterocycles. The molecular weight excluding hydrogens is 214 g/mol. The number of aromatic nitrogens is 2. The maximum absolute atomic E-state index is 8.65. The normalized spacial score (nSPS) is 19.6. The summed E-state index contributed by atoms with van der Waals surface area (Å²) >= 11 is 0. The van der Waals surface area contributed by atoms with Crippen LogP contribution in [0.5, 0.6) is 0 Å². The molecule has 2 rings (SSSR count). The molecule has 1 aromatic rings. The minimum Gasteiger partial charge on any atom is -0.358 e. The minimum atomic E-state index is 0.362. The summed E-state index contributed by atoms with van der Waals surface area (Å²) in [5, 5.41) is 12.1. The minimum absolute atomic E-state index is 0.362. The van der Waals surface area contributed by atoms with Crippen molar-refractivity contribution in [3.63, 3.8) is 0 Å². The molecule has 1 fully saturated rings. The van der Waals surface area contributed by atoms with Crippen molar-refractivity contribution in [2.75, 3.05) is 31.6 Å². The van der Waals surface area contributed by atoms with Crippen molar-refractivity contribution in [1.82, 2.24) is 15.3 Å². The summed E-state index contributed by atoms with van der Waals surface area (Å²) in [6, 6.07) is 1.97. The van der Waals surface area contributed by atoms with Gasteiger partial charge in [-0.05, 0) is 31.8 Å². The summed E-state index contributed by atoms with van der Waals surface area (Å²) in [6.07, 6.45) is 5.69. The summed E-state index contributed by atoms with van der Waals surface area (Å²) in [5.41, 5.74) is 0.362. The second-order valence-corrected chi connectivity index (χ2v) is 4.46. The molecule has 1 unspecified atom stereocenters. The smallest absolute Gasteiger partial charge is 0.158 e. The van der Waals surface area contributed by atoms with Crippen molar-refractivity contribution in [1.29, 1.82) is 5.26 Å². The van der Waals surface area contributed by atoms with Gasteiger partial charge in [0.15, 0.2) is 5.69 Å². The predicted octanol–water partition coefficient (Wildman–Crippen LogP) is 0.784. The molecule has 5 heteroatoms. The second-order valence-electron chi connectivity index (χ2n) is 4.46. The molecule has 0 amide bonds. The van der Waals surface area contributed by atoms with Gasteiger partial charge >= 0.3 is 0 Å². The molecule has 2 heterocycles. The van der Waals surface area contributed by atoms with Crippen LogP contribution in [0.25, 0.3) is 0 Å². The molecule has 1 aliphatic rings. The Kier molecular flexibility index (Phi) is 3.89. The van der Waals surface area contributed by atoms with Gasteiger partial charge in [-0.15, -0.1) is 0 Å². The first-order valence-electron chi connectivity index (χ1n) is 5.93. The highest BCUT2D eigenvalue weighted by Gasteiger charge is 2.15. The maximum atomic E-state index is 8.65. The van der Waals surface area contributed by atoms with E-state index in [9.17, 15) is 0 Å². The Bertz CT molecular complexity index is 388. The van der Waals surface area contributed by atoms with E-state index in [0.717, 1.165) is 25.5 Å². The zero-order valence-corrected chi connectivity index (χ0v) is 10.1. The quantitative estimate of drug-likeness (QED) is 0.833. The third-order valence-corrected chi connectivity index (χ3v) is 3.07. The highest BCUT2D eigenvalue weighted by atomic mass is 15.2. The van der Waals surface area contributed by atoms with Crippen LogP contribution < -0.4 is 10.2 Å². The molecule has 17 heavy (non-hydrogen) atoms. The Morgan fingerprint density at radius 1 is 1.53 bits per heavy atom. The molecule has 0 aromatic carbocycles. The van der Waals surface area contributed by atoms with Crippen LogP contribution in [0.1, 0.15) is 18.5 Å². The zero-order valence-electron chi connectivity index (χ0n) is 10.1. The van der Waals surface area contributed by atoms with Crippen LogP contribution in [0.3, 0.4) is 0 Å². The summed E-state index contributed by atoms with van der Waals surface area (Å²) < 4.78 is 0. The summed E-state index contributed by atoms with van der Waals surface area (Å²) in [5.74, 6) is 1.50. The predicted molar refractivity (Wildman–Crippen MR) is 65.6 cm³/mol. The van der Waals surface area contributed by atoms with Crippen molar-refractivity contribution in [3.8, 4) is 6.07 Å². The van der Waals surface area contributed by atoms with Gasteiger partial charge in [0.1, 0.15) is 11.9 Å². The molecule has 0 bridgehead atoms. The number of anilines is 1. The molecule has 0 aliphatic carbocycles. The van der Waals surface area contributed by atoms with Crippen molar-refractivity contribution in [2.45, 2.75) is 12.8 Å². The largest absolute Gasteiger partial charge is 0.358 e. The average molecular weight is 231 g/mol. The highest BCUT2D eigenvalue weighted by molar-refractivity contribution is 5.36. The first-order valence-corrected chi connectivity index (χ1v) is 5.93. The fourth-order valence-corrected chi connectivity index (χ4v) is 2.14. The van der Waals surface area contributed by atoms with E-state index in [1.165, 1.54) is 19.0 Å². The first kappa shape index (κ1) is 11.8. The van der Waals surface area contributed by atoms with E-state index in [1.807, 2.05) is 13.1 Å². The SMILES string of the molecule is CN(CC1CCCNC1)c1cnc(C#N)cn1. The molecule has 1 saturated heterocycles. The second kappa shape index (κ2) is 5.60. The summed E-state index contributed by atoms with van der Waals surface area (Å²) in [7, 11) is 2.02. The van der Waals surface area contributed by atoms with Crippen LogP contribution >= 0.6 is 0 Å². The molecule has 0 spiro atoms. The van der Waals surface area contributed by atoms with E-state index in [-0.39, 0.29) is 0 Å². The number of rotatable bonds is 3. The molecular formula is C12H17N5. The molecule has 5 nitrogen and oxygen atoms in total. The van der Waals surface area contributed by atoms with E-state index < -0.39 is 0 Å². The number of nitrogens with one attached hydrogen (secondary N) is 1. The lowest BCUT2D eigenvalue weighted by atomic mass is 9.99. The number of piperidine rings is 1. The Morgan fingerprint density at radius 2 is 2.41 bits per heavy atom. The van der Waals surface area contributed by atoms with E-state index in [1.54, 1.807) is 6.20 Å². The summed E-state index contributed by atoms with van der Waals surface area (Å²) in [4.78, 5) is 10.4. The van der Waals surface area contributed by atoms with Gasteiger partial charge in [0, 0.05) is 13.6 Å². The van der Waals surface area contributed by atoms with Crippen molar-refractivity contribution < 1.29 is 0 Å². The molecule has 1 aromatic heterocycles. The lowest BCUT2D eigenvalue weighted by Gasteiger charge is -2.28. The fourth-order valence-electron chi connectivity index (χ4n) is 2.14. The van der Waals surface area contributed by atoms with Gasteiger partial charge in [-0.3, -0.25) is 0 Å². The van der Waals surface area contributed by atoms with E-state index >= 15 is 0 Å². The molecule has 0 radical (unpaired) electrons. The number of nitrogens with zero attached hydrogens (tertiary/aromatic N) is 4. The third kappa shape index (κ3) is 3.14. The van der Waals surface area contributed by atoms with Crippen LogP contribution in [-0.2, 0) is 0 Å². The van der Waals surface area contributed by atoms with E-state index in [4.69, 9.17) is 5.26 Å². The van der Waals surface area contributed by atoms with Gasteiger partial charge in [-0.1, -0.05) is 0 Å². The average Bonchev–Trinajstić information content (AvgIpc) is 2.40.